The van der Waals surface area contributed by atoms with Gasteiger partial charge in [-0.15, -0.1) is 0 Å². The van der Waals surface area contributed by atoms with Crippen molar-refractivity contribution in [1.29, 1.82) is 0 Å². The molecule has 2 aromatic rings. The quantitative estimate of drug-likeness (QED) is 0.882. The molecule has 0 fully saturated rings. The van der Waals surface area contributed by atoms with Gasteiger partial charge in [0.15, 0.2) is 0 Å². The lowest BCUT2D eigenvalue weighted by Gasteiger charge is -2.12. The summed E-state index contributed by atoms with van der Waals surface area (Å²) in [6, 6.07) is 13.1. The Morgan fingerprint density at radius 2 is 1.86 bits per heavy atom. The van der Waals surface area contributed by atoms with E-state index in [1.165, 1.54) is 0 Å². The highest BCUT2D eigenvalue weighted by molar-refractivity contribution is 6.04. The molecule has 1 amide bonds. The van der Waals surface area contributed by atoms with E-state index < -0.39 is 0 Å². The second-order valence-corrected chi connectivity index (χ2v) is 5.01. The molecule has 2 aromatic carbocycles. The van der Waals surface area contributed by atoms with E-state index in [0.717, 1.165) is 22.6 Å². The minimum Gasteiger partial charge on any atom is -0.494 e. The van der Waals surface area contributed by atoms with Crippen LogP contribution in [0, 0.1) is 6.92 Å². The van der Waals surface area contributed by atoms with Crippen LogP contribution in [0.1, 0.15) is 28.4 Å². The first-order chi connectivity index (χ1) is 10.6. The van der Waals surface area contributed by atoms with Crippen molar-refractivity contribution in [3.05, 3.63) is 59.2 Å². The summed E-state index contributed by atoms with van der Waals surface area (Å²) in [7, 11) is 1.62. The Morgan fingerprint density at radius 1 is 1.14 bits per heavy atom. The minimum absolute atomic E-state index is 0.149. The van der Waals surface area contributed by atoms with Gasteiger partial charge >= 0.3 is 0 Å². The number of hydrogen-bond acceptors (Lipinski definition) is 3. The van der Waals surface area contributed by atoms with Crippen molar-refractivity contribution in [3.8, 4) is 5.75 Å². The van der Waals surface area contributed by atoms with Crippen LogP contribution in [-0.4, -0.2) is 19.6 Å². The maximum atomic E-state index is 12.3. The highest BCUT2D eigenvalue weighted by Crippen LogP contribution is 2.22. The molecule has 22 heavy (non-hydrogen) atoms. The Bertz CT molecular complexity index is 635. The van der Waals surface area contributed by atoms with Crippen LogP contribution in [0.4, 0.5) is 5.69 Å². The van der Waals surface area contributed by atoms with E-state index in [1.807, 2.05) is 44.2 Å². The number of benzene rings is 2. The standard InChI is InChI=1S/C18H21NO3/c1-4-22-17-10-7-14(11-15(17)12-21-3)18(20)19-16-8-5-13(2)6-9-16/h5-11H,4,12H2,1-3H3,(H,19,20). The number of ether oxygens (including phenoxy) is 2. The van der Waals surface area contributed by atoms with Gasteiger partial charge in [-0.3, -0.25) is 4.79 Å². The Hall–Kier alpha value is -2.33. The average molecular weight is 299 g/mol. The molecule has 0 unspecified atom stereocenters. The topological polar surface area (TPSA) is 47.6 Å². The molecule has 0 saturated carbocycles. The van der Waals surface area contributed by atoms with Crippen LogP contribution < -0.4 is 10.1 Å². The number of aryl methyl sites for hydroxylation is 1. The molecule has 0 bridgehead atoms. The van der Waals surface area contributed by atoms with Crippen molar-refractivity contribution in [2.45, 2.75) is 20.5 Å². The van der Waals surface area contributed by atoms with E-state index in [9.17, 15) is 4.79 Å². The lowest BCUT2D eigenvalue weighted by Crippen LogP contribution is -2.12. The monoisotopic (exact) mass is 299 g/mol. The maximum absolute atomic E-state index is 12.3. The van der Waals surface area contributed by atoms with E-state index in [-0.39, 0.29) is 5.91 Å². The molecule has 0 heterocycles. The highest BCUT2D eigenvalue weighted by Gasteiger charge is 2.11. The van der Waals surface area contributed by atoms with Gasteiger partial charge in [0.2, 0.25) is 0 Å². The summed E-state index contributed by atoms with van der Waals surface area (Å²) >= 11 is 0. The van der Waals surface area contributed by atoms with E-state index in [0.29, 0.717) is 18.8 Å². The molecule has 0 spiro atoms. The first-order valence-corrected chi connectivity index (χ1v) is 7.26. The SMILES string of the molecule is CCOc1ccc(C(=O)Nc2ccc(C)cc2)cc1COC. The fraction of sp³-hybridized carbons (Fsp3) is 0.278. The van der Waals surface area contributed by atoms with Crippen molar-refractivity contribution in [1.82, 2.24) is 0 Å². The largest absolute Gasteiger partial charge is 0.494 e. The van der Waals surface area contributed by atoms with E-state index in [2.05, 4.69) is 5.32 Å². The van der Waals surface area contributed by atoms with Gasteiger partial charge in [-0.25, -0.2) is 0 Å². The fourth-order valence-electron chi connectivity index (χ4n) is 2.13. The van der Waals surface area contributed by atoms with Crippen LogP contribution in [0.5, 0.6) is 5.75 Å². The van der Waals surface area contributed by atoms with Gasteiger partial charge in [0.05, 0.1) is 13.2 Å². The first-order valence-electron chi connectivity index (χ1n) is 7.26. The summed E-state index contributed by atoms with van der Waals surface area (Å²) in [5.74, 6) is 0.598. The lowest BCUT2D eigenvalue weighted by atomic mass is 10.1. The third-order valence-corrected chi connectivity index (χ3v) is 3.23. The van der Waals surface area contributed by atoms with Gasteiger partial charge < -0.3 is 14.8 Å². The van der Waals surface area contributed by atoms with Gasteiger partial charge in [0, 0.05) is 23.9 Å². The molecule has 0 radical (unpaired) electrons. The molecule has 2 rings (SSSR count). The van der Waals surface area contributed by atoms with Gasteiger partial charge in [-0.05, 0) is 44.2 Å². The summed E-state index contributed by atoms with van der Waals surface area (Å²) in [5.41, 5.74) is 3.37. The third-order valence-electron chi connectivity index (χ3n) is 3.23. The van der Waals surface area contributed by atoms with Crippen molar-refractivity contribution in [2.24, 2.45) is 0 Å². The summed E-state index contributed by atoms with van der Waals surface area (Å²) in [5, 5.41) is 2.89. The van der Waals surface area contributed by atoms with Crippen molar-refractivity contribution in [3.63, 3.8) is 0 Å². The number of nitrogens with one attached hydrogen (secondary N) is 1. The molecule has 0 aliphatic heterocycles. The molecule has 0 saturated heterocycles. The van der Waals surface area contributed by atoms with Crippen molar-refractivity contribution < 1.29 is 14.3 Å². The molecular weight excluding hydrogens is 278 g/mol. The number of rotatable bonds is 6. The molecule has 1 N–H and O–H groups in total. The number of amides is 1. The minimum atomic E-state index is -0.149. The summed E-state index contributed by atoms with van der Waals surface area (Å²) in [4.78, 5) is 12.3. The van der Waals surface area contributed by atoms with Gasteiger partial charge in [-0.2, -0.15) is 0 Å². The van der Waals surface area contributed by atoms with Crippen LogP contribution in [0.15, 0.2) is 42.5 Å². The Balaban J connectivity index is 2.18. The van der Waals surface area contributed by atoms with Crippen LogP contribution in [0.25, 0.3) is 0 Å². The molecular formula is C18H21NO3. The highest BCUT2D eigenvalue weighted by atomic mass is 16.5. The normalized spacial score (nSPS) is 10.3. The third kappa shape index (κ3) is 4.09. The molecule has 0 atom stereocenters. The van der Waals surface area contributed by atoms with Gasteiger partial charge in [0.25, 0.3) is 5.91 Å². The number of methoxy groups -OCH3 is 1. The Labute approximate surface area is 131 Å². The summed E-state index contributed by atoms with van der Waals surface area (Å²) < 4.78 is 10.7. The first kappa shape index (κ1) is 16.0. The second-order valence-electron chi connectivity index (χ2n) is 5.01. The Kier molecular flexibility index (Phi) is 5.55. The fourth-order valence-corrected chi connectivity index (χ4v) is 2.13. The number of carbonyl (C=O) groups excluding carboxylic acids is 1. The van der Waals surface area contributed by atoms with Gasteiger partial charge in [-0.1, -0.05) is 17.7 Å². The summed E-state index contributed by atoms with van der Waals surface area (Å²) in [6.45, 7) is 4.91. The molecule has 0 aliphatic rings. The van der Waals surface area contributed by atoms with Crippen molar-refractivity contribution >= 4 is 11.6 Å². The molecule has 4 nitrogen and oxygen atoms in total. The second kappa shape index (κ2) is 7.61. The van der Waals surface area contributed by atoms with E-state index >= 15 is 0 Å². The smallest absolute Gasteiger partial charge is 0.255 e. The van der Waals surface area contributed by atoms with E-state index in [4.69, 9.17) is 9.47 Å². The predicted octanol–water partition coefficient (Wildman–Crippen LogP) is 3.79. The zero-order valence-electron chi connectivity index (χ0n) is 13.2. The van der Waals surface area contributed by atoms with Crippen molar-refractivity contribution in [2.75, 3.05) is 19.0 Å². The van der Waals surface area contributed by atoms with E-state index in [1.54, 1.807) is 19.2 Å². The van der Waals surface area contributed by atoms with Crippen LogP contribution in [0.3, 0.4) is 0 Å². The molecule has 0 aliphatic carbocycles. The Morgan fingerprint density at radius 3 is 2.50 bits per heavy atom. The zero-order valence-corrected chi connectivity index (χ0v) is 13.2. The van der Waals surface area contributed by atoms with Crippen LogP contribution >= 0.6 is 0 Å². The number of carbonyl (C=O) groups is 1. The lowest BCUT2D eigenvalue weighted by molar-refractivity contribution is 0.102. The summed E-state index contributed by atoms with van der Waals surface area (Å²) in [6.07, 6.45) is 0. The van der Waals surface area contributed by atoms with Crippen LogP contribution in [-0.2, 0) is 11.3 Å². The maximum Gasteiger partial charge on any atom is 0.255 e. The van der Waals surface area contributed by atoms with Gasteiger partial charge in [0.1, 0.15) is 5.75 Å². The molecule has 4 heteroatoms. The predicted molar refractivity (Wildman–Crippen MR) is 87.5 cm³/mol. The zero-order chi connectivity index (χ0) is 15.9. The average Bonchev–Trinajstić information content (AvgIpc) is 2.51. The number of anilines is 1. The molecule has 0 aromatic heterocycles. The van der Waals surface area contributed by atoms with Crippen LogP contribution in [0.2, 0.25) is 0 Å². The molecule has 116 valence electrons. The number of hydrogen-bond donors (Lipinski definition) is 1.